The van der Waals surface area contributed by atoms with Crippen LogP contribution in [0.1, 0.15) is 11.1 Å². The van der Waals surface area contributed by atoms with Gasteiger partial charge >= 0.3 is 5.69 Å². The summed E-state index contributed by atoms with van der Waals surface area (Å²) in [6, 6.07) is 12.4. The van der Waals surface area contributed by atoms with Crippen molar-refractivity contribution in [1.29, 1.82) is 0 Å². The lowest BCUT2D eigenvalue weighted by molar-refractivity contribution is -0.394. The summed E-state index contributed by atoms with van der Waals surface area (Å²) in [5, 5.41) is 22.7. The average Bonchev–Trinajstić information content (AvgIpc) is 3.14. The predicted octanol–water partition coefficient (Wildman–Crippen LogP) is 6.85. The van der Waals surface area contributed by atoms with E-state index < -0.39 is 32.4 Å². The SMILES string of the molecule is COc1cccc(/C=C2/SC(=O)N(Cc3ccc(Cl)c(Cl)c3)C2=O)c1Oc1ccc([N+](=O)[O-])cc1[N+](=O)[O-]. The zero-order chi connectivity index (χ0) is 27.6. The summed E-state index contributed by atoms with van der Waals surface area (Å²) >= 11 is 12.7. The van der Waals surface area contributed by atoms with E-state index in [0.717, 1.165) is 23.1 Å². The van der Waals surface area contributed by atoms with Crippen molar-refractivity contribution >= 4 is 63.6 Å². The quantitative estimate of drug-likeness (QED) is 0.160. The zero-order valence-corrected chi connectivity index (χ0v) is 21.6. The van der Waals surface area contributed by atoms with Crippen LogP contribution in [0.5, 0.6) is 17.2 Å². The molecule has 3 aromatic rings. The Hall–Kier alpha value is -4.13. The fraction of sp³-hybridized carbons (Fsp3) is 0.0833. The number of rotatable bonds is 8. The van der Waals surface area contributed by atoms with Crippen LogP contribution in [0.15, 0.2) is 59.5 Å². The Morgan fingerprint density at radius 1 is 0.974 bits per heavy atom. The summed E-state index contributed by atoms with van der Waals surface area (Å²) in [5.41, 5.74) is -0.256. The number of amides is 2. The van der Waals surface area contributed by atoms with Crippen molar-refractivity contribution in [3.63, 3.8) is 0 Å². The van der Waals surface area contributed by atoms with Gasteiger partial charge < -0.3 is 9.47 Å². The van der Waals surface area contributed by atoms with Gasteiger partial charge in [0.2, 0.25) is 5.75 Å². The van der Waals surface area contributed by atoms with Gasteiger partial charge in [-0.1, -0.05) is 41.4 Å². The van der Waals surface area contributed by atoms with Crippen LogP contribution >= 0.6 is 35.0 Å². The van der Waals surface area contributed by atoms with Crippen LogP contribution in [0.25, 0.3) is 6.08 Å². The lowest BCUT2D eigenvalue weighted by Crippen LogP contribution is -2.27. The van der Waals surface area contributed by atoms with Crippen molar-refractivity contribution in [2.45, 2.75) is 6.54 Å². The van der Waals surface area contributed by atoms with E-state index in [0.29, 0.717) is 22.3 Å². The maximum Gasteiger partial charge on any atom is 0.318 e. The molecule has 11 nitrogen and oxygen atoms in total. The minimum absolute atomic E-state index is 0.00300. The monoisotopic (exact) mass is 575 g/mol. The van der Waals surface area contributed by atoms with Crippen LogP contribution in [0, 0.1) is 20.2 Å². The molecule has 38 heavy (non-hydrogen) atoms. The van der Waals surface area contributed by atoms with Crippen LogP contribution in [-0.2, 0) is 11.3 Å². The minimum atomic E-state index is -0.814. The number of hydrogen-bond donors (Lipinski definition) is 0. The first kappa shape index (κ1) is 26.9. The lowest BCUT2D eigenvalue weighted by atomic mass is 10.1. The van der Waals surface area contributed by atoms with E-state index in [1.54, 1.807) is 30.3 Å². The molecule has 1 aliphatic rings. The summed E-state index contributed by atoms with van der Waals surface area (Å²) in [6.07, 6.45) is 1.40. The number of nitro groups is 2. The molecule has 1 fully saturated rings. The fourth-order valence-corrected chi connectivity index (χ4v) is 4.62. The number of carbonyl (C=O) groups excluding carboxylic acids is 2. The number of nitro benzene ring substituents is 2. The van der Waals surface area contributed by atoms with E-state index in [2.05, 4.69) is 0 Å². The molecule has 0 radical (unpaired) electrons. The molecule has 0 aromatic heterocycles. The van der Waals surface area contributed by atoms with Gasteiger partial charge in [-0.05, 0) is 47.7 Å². The van der Waals surface area contributed by atoms with Gasteiger partial charge in [-0.3, -0.25) is 34.7 Å². The number of nitrogens with zero attached hydrogens (tertiary/aromatic N) is 3. The number of thioether (sulfide) groups is 1. The highest BCUT2D eigenvalue weighted by atomic mass is 35.5. The third-order valence-corrected chi connectivity index (χ3v) is 6.92. The third-order valence-electron chi connectivity index (χ3n) is 5.28. The van der Waals surface area contributed by atoms with E-state index in [1.165, 1.54) is 19.3 Å². The smallest absolute Gasteiger partial charge is 0.318 e. The number of benzene rings is 3. The number of non-ortho nitro benzene ring substituents is 1. The van der Waals surface area contributed by atoms with E-state index in [9.17, 15) is 29.8 Å². The molecule has 1 saturated heterocycles. The Morgan fingerprint density at radius 2 is 1.74 bits per heavy atom. The second kappa shape index (κ2) is 11.1. The minimum Gasteiger partial charge on any atom is -0.493 e. The molecule has 0 atom stereocenters. The molecule has 0 bridgehead atoms. The lowest BCUT2D eigenvalue weighted by Gasteiger charge is -2.14. The normalized spacial score (nSPS) is 14.2. The molecule has 3 aromatic carbocycles. The van der Waals surface area contributed by atoms with Crippen molar-refractivity contribution in [3.8, 4) is 17.2 Å². The molecule has 0 aliphatic carbocycles. The second-order valence-corrected chi connectivity index (χ2v) is 9.47. The van der Waals surface area contributed by atoms with Gasteiger partial charge in [0.25, 0.3) is 16.8 Å². The number of para-hydroxylation sites is 1. The number of imide groups is 1. The molecule has 0 spiro atoms. The molecule has 194 valence electrons. The average molecular weight is 576 g/mol. The van der Waals surface area contributed by atoms with Crippen molar-refractivity contribution in [1.82, 2.24) is 4.90 Å². The largest absolute Gasteiger partial charge is 0.493 e. The summed E-state index contributed by atoms with van der Waals surface area (Å²) in [6.45, 7) is -0.0324. The molecule has 2 amide bonds. The number of methoxy groups -OCH3 is 1. The van der Waals surface area contributed by atoms with Gasteiger partial charge in [0.05, 0.1) is 44.5 Å². The Kier molecular flexibility index (Phi) is 7.86. The molecule has 1 aliphatic heterocycles. The highest BCUT2D eigenvalue weighted by molar-refractivity contribution is 8.18. The first-order valence-corrected chi connectivity index (χ1v) is 12.1. The third kappa shape index (κ3) is 5.57. The summed E-state index contributed by atoms with van der Waals surface area (Å²) in [4.78, 5) is 47.9. The van der Waals surface area contributed by atoms with Crippen molar-refractivity contribution in [2.75, 3.05) is 7.11 Å². The van der Waals surface area contributed by atoms with E-state index in [4.69, 9.17) is 32.7 Å². The van der Waals surface area contributed by atoms with Crippen molar-refractivity contribution < 1.29 is 28.9 Å². The maximum atomic E-state index is 13.1. The molecule has 0 unspecified atom stereocenters. The maximum absolute atomic E-state index is 13.1. The molecular weight excluding hydrogens is 561 g/mol. The number of halogens is 2. The summed E-state index contributed by atoms with van der Waals surface area (Å²) in [7, 11) is 1.35. The Labute approximate surface area is 228 Å². The summed E-state index contributed by atoms with van der Waals surface area (Å²) < 4.78 is 11.1. The summed E-state index contributed by atoms with van der Waals surface area (Å²) in [5.74, 6) is -0.682. The number of carbonyl (C=O) groups is 2. The molecule has 1 heterocycles. The first-order chi connectivity index (χ1) is 18.1. The fourth-order valence-electron chi connectivity index (χ4n) is 3.47. The Morgan fingerprint density at radius 3 is 2.39 bits per heavy atom. The second-order valence-electron chi connectivity index (χ2n) is 7.66. The number of ether oxygens (including phenoxy) is 2. The van der Waals surface area contributed by atoms with Crippen molar-refractivity contribution in [2.24, 2.45) is 0 Å². The van der Waals surface area contributed by atoms with Crippen molar-refractivity contribution in [3.05, 3.63) is 101 Å². The molecule has 0 N–H and O–H groups in total. The highest BCUT2D eigenvalue weighted by Crippen LogP contribution is 2.42. The molecule has 14 heteroatoms. The van der Waals surface area contributed by atoms with Gasteiger partial charge in [0.1, 0.15) is 0 Å². The van der Waals surface area contributed by atoms with Crippen LogP contribution in [-0.4, -0.2) is 33.0 Å². The predicted molar refractivity (Wildman–Crippen MR) is 141 cm³/mol. The molecule has 0 saturated carbocycles. The first-order valence-electron chi connectivity index (χ1n) is 10.6. The topological polar surface area (TPSA) is 142 Å². The molecule has 4 rings (SSSR count). The Bertz CT molecular complexity index is 1530. The standard InChI is InChI=1S/C24H15Cl2N3O8S/c1-36-20-4-2-3-14(22(20)37-19-8-6-15(28(32)33)11-18(19)29(34)35)10-21-23(30)27(24(31)38-21)12-13-5-7-16(25)17(26)9-13/h2-11H,12H2,1H3/b21-10+. The van der Waals surface area contributed by atoms with Crippen LogP contribution < -0.4 is 9.47 Å². The van der Waals surface area contributed by atoms with Gasteiger partial charge in [-0.25, -0.2) is 0 Å². The zero-order valence-electron chi connectivity index (χ0n) is 19.3. The van der Waals surface area contributed by atoms with E-state index >= 15 is 0 Å². The van der Waals surface area contributed by atoms with Gasteiger partial charge in [0.15, 0.2) is 11.5 Å². The van der Waals surface area contributed by atoms with Crippen LogP contribution in [0.2, 0.25) is 10.0 Å². The Balaban J connectivity index is 1.69. The van der Waals surface area contributed by atoms with Gasteiger partial charge in [-0.2, -0.15) is 0 Å². The van der Waals surface area contributed by atoms with Gasteiger partial charge in [-0.15, -0.1) is 0 Å². The highest BCUT2D eigenvalue weighted by Gasteiger charge is 2.35. The van der Waals surface area contributed by atoms with E-state index in [1.807, 2.05) is 0 Å². The number of hydrogen-bond acceptors (Lipinski definition) is 9. The van der Waals surface area contributed by atoms with Gasteiger partial charge in [0, 0.05) is 11.6 Å². The van der Waals surface area contributed by atoms with E-state index in [-0.39, 0.29) is 39.3 Å². The van der Waals surface area contributed by atoms with Crippen LogP contribution in [0.3, 0.4) is 0 Å². The van der Waals surface area contributed by atoms with Crippen LogP contribution in [0.4, 0.5) is 16.2 Å². The molecular formula is C24H15Cl2N3O8S.